The number of ether oxygens (including phenoxy) is 1. The maximum absolute atomic E-state index is 13.4. The lowest BCUT2D eigenvalue weighted by Gasteiger charge is -2.30. The number of nitriles is 1. The first kappa shape index (κ1) is 24.3. The molecule has 2 aromatic carbocycles. The highest BCUT2D eigenvalue weighted by atomic mass is 32.2. The van der Waals surface area contributed by atoms with Crippen molar-refractivity contribution in [3.8, 4) is 6.07 Å². The number of benzene rings is 2. The summed E-state index contributed by atoms with van der Waals surface area (Å²) in [6, 6.07) is 15.1. The molecule has 7 nitrogen and oxygen atoms in total. The minimum Gasteiger partial charge on any atom is -0.376 e. The predicted octanol–water partition coefficient (Wildman–Crippen LogP) is 4.80. The third-order valence-corrected chi connectivity index (χ3v) is 9.73. The zero-order chi connectivity index (χ0) is 24.4. The summed E-state index contributed by atoms with van der Waals surface area (Å²) in [5.41, 5.74) is 3.19. The Labute approximate surface area is 211 Å². The third kappa shape index (κ3) is 5.12. The Morgan fingerprint density at radius 2 is 2.06 bits per heavy atom. The van der Waals surface area contributed by atoms with E-state index in [1.807, 2.05) is 30.3 Å². The molecule has 2 aliphatic heterocycles. The Balaban J connectivity index is 1.48. The maximum atomic E-state index is 13.4. The van der Waals surface area contributed by atoms with Gasteiger partial charge in [-0.2, -0.15) is 9.57 Å². The summed E-state index contributed by atoms with van der Waals surface area (Å²) in [7, 11) is -3.56. The van der Waals surface area contributed by atoms with Gasteiger partial charge in [0.1, 0.15) is 0 Å². The van der Waals surface area contributed by atoms with Crippen molar-refractivity contribution in [3.05, 3.63) is 53.6 Å². The van der Waals surface area contributed by atoms with E-state index in [2.05, 4.69) is 17.6 Å². The normalized spacial score (nSPS) is 21.4. The summed E-state index contributed by atoms with van der Waals surface area (Å²) in [4.78, 5) is 5.16. The number of fused-ring (bicyclic) bond motifs is 1. The van der Waals surface area contributed by atoms with Crippen LogP contribution in [0, 0.1) is 17.2 Å². The van der Waals surface area contributed by atoms with E-state index in [1.165, 1.54) is 0 Å². The van der Waals surface area contributed by atoms with Gasteiger partial charge in [0.05, 0.1) is 40.2 Å². The number of hydrogen-bond donors (Lipinski definition) is 0. The van der Waals surface area contributed by atoms with Crippen LogP contribution in [0.5, 0.6) is 0 Å². The lowest BCUT2D eigenvalue weighted by molar-refractivity contribution is 0.0960. The first-order valence-corrected chi connectivity index (χ1v) is 14.6. The standard InChI is InChI=1S/C26H30N4O3S2/c1-19-6-4-12-29(16-19)35(31,32)23-10-11-25-24(14-23)28-26(30(25)17-22-9-5-13-33-22)34-18-21-8-3-2-7-20(21)15-27/h2-3,7-8,10-11,14,19,22H,4-6,9,12-13,16-18H2,1H3/t19-,22-/m0/s1. The van der Waals surface area contributed by atoms with E-state index >= 15 is 0 Å². The molecular weight excluding hydrogens is 480 g/mol. The minimum atomic E-state index is -3.56. The minimum absolute atomic E-state index is 0.122. The van der Waals surface area contributed by atoms with Crippen LogP contribution < -0.4 is 0 Å². The Morgan fingerprint density at radius 1 is 1.20 bits per heavy atom. The molecule has 0 spiro atoms. The molecule has 35 heavy (non-hydrogen) atoms. The lowest BCUT2D eigenvalue weighted by Crippen LogP contribution is -2.39. The van der Waals surface area contributed by atoms with E-state index in [0.29, 0.717) is 47.3 Å². The Morgan fingerprint density at radius 3 is 2.83 bits per heavy atom. The van der Waals surface area contributed by atoms with E-state index in [1.54, 1.807) is 28.2 Å². The second kappa shape index (κ2) is 10.3. The second-order valence-electron chi connectivity index (χ2n) is 9.46. The van der Waals surface area contributed by atoms with Gasteiger partial charge in [-0.1, -0.05) is 36.9 Å². The van der Waals surface area contributed by atoms with Crippen LogP contribution in [0.25, 0.3) is 11.0 Å². The van der Waals surface area contributed by atoms with Crippen LogP contribution in [0.1, 0.15) is 43.7 Å². The molecular formula is C26H30N4O3S2. The van der Waals surface area contributed by atoms with Crippen LogP contribution in [0.3, 0.4) is 0 Å². The highest BCUT2D eigenvalue weighted by molar-refractivity contribution is 7.98. The van der Waals surface area contributed by atoms with Gasteiger partial charge in [-0.25, -0.2) is 13.4 Å². The van der Waals surface area contributed by atoms with Crippen molar-refractivity contribution < 1.29 is 13.2 Å². The summed E-state index contributed by atoms with van der Waals surface area (Å²) in [6.45, 7) is 4.68. The summed E-state index contributed by atoms with van der Waals surface area (Å²) >= 11 is 1.57. The number of hydrogen-bond acceptors (Lipinski definition) is 6. The molecule has 0 bridgehead atoms. The fourth-order valence-electron chi connectivity index (χ4n) is 4.94. The predicted molar refractivity (Wildman–Crippen MR) is 137 cm³/mol. The fourth-order valence-corrected chi connectivity index (χ4v) is 7.58. The lowest BCUT2D eigenvalue weighted by atomic mass is 10.0. The van der Waals surface area contributed by atoms with Crippen molar-refractivity contribution in [2.45, 2.75) is 61.1 Å². The van der Waals surface area contributed by atoms with Gasteiger partial charge in [-0.15, -0.1) is 0 Å². The van der Waals surface area contributed by atoms with E-state index in [4.69, 9.17) is 9.72 Å². The number of nitrogens with zero attached hydrogens (tertiary/aromatic N) is 4. The summed E-state index contributed by atoms with van der Waals surface area (Å²) < 4.78 is 36.4. The Bertz CT molecular complexity index is 1360. The van der Waals surface area contributed by atoms with Crippen molar-refractivity contribution in [2.24, 2.45) is 5.92 Å². The third-order valence-electron chi connectivity index (χ3n) is 6.85. The van der Waals surface area contributed by atoms with Crippen LogP contribution in [-0.2, 0) is 27.1 Å². The Kier molecular flexibility index (Phi) is 7.17. The van der Waals surface area contributed by atoms with Gasteiger partial charge in [0.15, 0.2) is 5.16 Å². The molecule has 0 saturated carbocycles. The molecule has 184 valence electrons. The fraction of sp³-hybridized carbons (Fsp3) is 0.462. The van der Waals surface area contributed by atoms with Crippen molar-refractivity contribution in [1.29, 1.82) is 5.26 Å². The number of thioether (sulfide) groups is 1. The largest absolute Gasteiger partial charge is 0.376 e. The highest BCUT2D eigenvalue weighted by Gasteiger charge is 2.29. The van der Waals surface area contributed by atoms with Gasteiger partial charge >= 0.3 is 0 Å². The molecule has 3 heterocycles. The molecule has 3 aromatic rings. The van der Waals surface area contributed by atoms with E-state index < -0.39 is 10.0 Å². The number of imidazole rings is 1. The molecule has 0 N–H and O–H groups in total. The first-order chi connectivity index (χ1) is 17.0. The highest BCUT2D eigenvalue weighted by Crippen LogP contribution is 2.32. The molecule has 2 saturated heterocycles. The molecule has 1 aromatic heterocycles. The average molecular weight is 511 g/mol. The molecule has 2 fully saturated rings. The van der Waals surface area contributed by atoms with Gasteiger partial charge in [0.2, 0.25) is 10.0 Å². The van der Waals surface area contributed by atoms with Gasteiger partial charge in [-0.3, -0.25) is 0 Å². The summed E-state index contributed by atoms with van der Waals surface area (Å²) in [5.74, 6) is 0.974. The van der Waals surface area contributed by atoms with Crippen molar-refractivity contribution in [3.63, 3.8) is 0 Å². The first-order valence-electron chi connectivity index (χ1n) is 12.2. The van der Waals surface area contributed by atoms with Crippen molar-refractivity contribution in [1.82, 2.24) is 13.9 Å². The molecule has 5 rings (SSSR count). The van der Waals surface area contributed by atoms with Crippen molar-refractivity contribution in [2.75, 3.05) is 19.7 Å². The number of rotatable bonds is 7. The number of sulfonamides is 1. The van der Waals surface area contributed by atoms with Crippen LogP contribution >= 0.6 is 11.8 Å². The molecule has 0 aliphatic carbocycles. The van der Waals surface area contributed by atoms with Gasteiger partial charge in [0, 0.05) is 25.4 Å². The zero-order valence-electron chi connectivity index (χ0n) is 19.9. The summed E-state index contributed by atoms with van der Waals surface area (Å²) in [5, 5.41) is 10.3. The van der Waals surface area contributed by atoms with E-state index in [9.17, 15) is 13.7 Å². The van der Waals surface area contributed by atoms with Gasteiger partial charge < -0.3 is 9.30 Å². The van der Waals surface area contributed by atoms with Crippen molar-refractivity contribution >= 4 is 32.8 Å². The molecule has 0 amide bonds. The molecule has 2 aliphatic rings. The average Bonchev–Trinajstić information content (AvgIpc) is 3.51. The topological polar surface area (TPSA) is 88.2 Å². The Hall–Kier alpha value is -2.38. The SMILES string of the molecule is C[C@H]1CCCN(S(=O)(=O)c2ccc3c(c2)nc(SCc2ccccc2C#N)n3C[C@@H]2CCCO2)C1. The number of aromatic nitrogens is 2. The molecule has 0 unspecified atom stereocenters. The van der Waals surface area contributed by atoms with Gasteiger partial charge in [0.25, 0.3) is 0 Å². The second-order valence-corrected chi connectivity index (χ2v) is 12.3. The smallest absolute Gasteiger partial charge is 0.243 e. The number of piperidine rings is 1. The van der Waals surface area contributed by atoms with Crippen LogP contribution in [-0.4, -0.2) is 48.1 Å². The van der Waals surface area contributed by atoms with Crippen LogP contribution in [0.4, 0.5) is 0 Å². The molecule has 2 atom stereocenters. The monoisotopic (exact) mass is 510 g/mol. The maximum Gasteiger partial charge on any atom is 0.243 e. The van der Waals surface area contributed by atoms with Crippen LogP contribution in [0.2, 0.25) is 0 Å². The van der Waals surface area contributed by atoms with E-state index in [0.717, 1.165) is 48.5 Å². The van der Waals surface area contributed by atoms with Crippen LogP contribution in [0.15, 0.2) is 52.5 Å². The van der Waals surface area contributed by atoms with E-state index in [-0.39, 0.29) is 6.10 Å². The quantitative estimate of drug-likeness (QED) is 0.424. The summed E-state index contributed by atoms with van der Waals surface area (Å²) in [6.07, 6.45) is 4.13. The zero-order valence-corrected chi connectivity index (χ0v) is 21.5. The van der Waals surface area contributed by atoms with Gasteiger partial charge in [-0.05, 0) is 61.4 Å². The molecule has 9 heteroatoms. The molecule has 0 radical (unpaired) electrons.